The molecule has 6 nitrogen and oxygen atoms in total. The van der Waals surface area contributed by atoms with Gasteiger partial charge < -0.3 is 15.2 Å². The van der Waals surface area contributed by atoms with Crippen LogP contribution in [0.15, 0.2) is 40.9 Å². The van der Waals surface area contributed by atoms with Crippen LogP contribution in [0.25, 0.3) is 11.3 Å². The molecule has 0 fully saturated rings. The number of hydrogen-bond donors (Lipinski definition) is 2. The number of nitrogens with one attached hydrogen (secondary N) is 2. The lowest BCUT2D eigenvalue weighted by atomic mass is 9.95. The highest BCUT2D eigenvalue weighted by Crippen LogP contribution is 2.38. The maximum absolute atomic E-state index is 12.6. The summed E-state index contributed by atoms with van der Waals surface area (Å²) in [4.78, 5) is 26.5. The first-order valence-electron chi connectivity index (χ1n) is 9.89. The Balaban J connectivity index is 1.51. The Bertz CT molecular complexity index is 1020. The summed E-state index contributed by atoms with van der Waals surface area (Å²) in [7, 11) is 0. The molecule has 2 N–H and O–H groups in total. The predicted octanol–water partition coefficient (Wildman–Crippen LogP) is 4.21. The first-order valence-corrected chi connectivity index (χ1v) is 10.7. The fourth-order valence-corrected chi connectivity index (χ4v) is 4.92. The normalized spacial score (nSPS) is 13.0. The van der Waals surface area contributed by atoms with E-state index in [1.165, 1.54) is 16.2 Å². The molecule has 2 heterocycles. The van der Waals surface area contributed by atoms with Gasteiger partial charge in [0.2, 0.25) is 5.91 Å². The zero-order chi connectivity index (χ0) is 20.2. The Labute approximate surface area is 173 Å². The Morgan fingerprint density at radius 2 is 1.97 bits per heavy atom. The number of aryl methyl sites for hydroxylation is 1. The summed E-state index contributed by atoms with van der Waals surface area (Å²) in [5.41, 5.74) is 3.35. The SMILES string of the molecule is CCNC(=O)c1c(NC(=O)Cc2cc(-c3ccccc3)no2)sc2c1CCCC2. The molecule has 0 bridgehead atoms. The highest BCUT2D eigenvalue weighted by Gasteiger charge is 2.26. The Morgan fingerprint density at radius 3 is 2.76 bits per heavy atom. The fraction of sp³-hybridized carbons (Fsp3) is 0.318. The molecule has 2 aromatic heterocycles. The third-order valence-corrected chi connectivity index (χ3v) is 6.16. The molecule has 2 amide bonds. The van der Waals surface area contributed by atoms with Gasteiger partial charge in [0.05, 0.1) is 12.0 Å². The predicted molar refractivity (Wildman–Crippen MR) is 113 cm³/mol. The van der Waals surface area contributed by atoms with E-state index in [-0.39, 0.29) is 18.2 Å². The van der Waals surface area contributed by atoms with Crippen molar-refractivity contribution in [3.8, 4) is 11.3 Å². The average molecular weight is 410 g/mol. The number of carbonyl (C=O) groups excluding carboxylic acids is 2. The van der Waals surface area contributed by atoms with Gasteiger partial charge in [-0.3, -0.25) is 9.59 Å². The molecule has 0 atom stereocenters. The maximum atomic E-state index is 12.6. The zero-order valence-electron chi connectivity index (χ0n) is 16.3. The van der Waals surface area contributed by atoms with Crippen molar-refractivity contribution in [1.82, 2.24) is 10.5 Å². The molecule has 0 radical (unpaired) electrons. The summed E-state index contributed by atoms with van der Waals surface area (Å²) < 4.78 is 5.34. The number of nitrogens with zero attached hydrogens (tertiary/aromatic N) is 1. The lowest BCUT2D eigenvalue weighted by Gasteiger charge is -2.12. The number of rotatable bonds is 6. The van der Waals surface area contributed by atoms with Crippen LogP contribution in [0.1, 0.15) is 46.3 Å². The van der Waals surface area contributed by atoms with Gasteiger partial charge in [-0.2, -0.15) is 0 Å². The van der Waals surface area contributed by atoms with Gasteiger partial charge in [0, 0.05) is 23.1 Å². The van der Waals surface area contributed by atoms with E-state index in [9.17, 15) is 9.59 Å². The van der Waals surface area contributed by atoms with Gasteiger partial charge in [0.25, 0.3) is 5.91 Å². The van der Waals surface area contributed by atoms with Crippen LogP contribution in [0.5, 0.6) is 0 Å². The number of amides is 2. The van der Waals surface area contributed by atoms with Crippen LogP contribution in [0.2, 0.25) is 0 Å². The number of thiophene rings is 1. The topological polar surface area (TPSA) is 84.2 Å². The smallest absolute Gasteiger partial charge is 0.254 e. The molecule has 0 spiro atoms. The van der Waals surface area contributed by atoms with Crippen LogP contribution in [0.4, 0.5) is 5.00 Å². The lowest BCUT2D eigenvalue weighted by Crippen LogP contribution is -2.25. The van der Waals surface area contributed by atoms with Crippen LogP contribution in [0, 0.1) is 0 Å². The molecule has 0 aliphatic heterocycles. The summed E-state index contributed by atoms with van der Waals surface area (Å²) in [5, 5.41) is 10.5. The van der Waals surface area contributed by atoms with Crippen LogP contribution in [-0.2, 0) is 24.1 Å². The molecule has 0 saturated heterocycles. The van der Waals surface area contributed by atoms with Gasteiger partial charge in [-0.05, 0) is 38.2 Å². The molecule has 29 heavy (non-hydrogen) atoms. The second kappa shape index (κ2) is 8.61. The minimum absolute atomic E-state index is 0.0667. The van der Waals surface area contributed by atoms with Crippen LogP contribution < -0.4 is 10.6 Å². The molecule has 3 aromatic rings. The number of fused-ring (bicyclic) bond motifs is 1. The lowest BCUT2D eigenvalue weighted by molar-refractivity contribution is -0.115. The molecule has 4 rings (SSSR count). The van der Waals surface area contributed by atoms with Crippen molar-refractivity contribution in [2.24, 2.45) is 0 Å². The molecule has 1 aliphatic rings. The van der Waals surface area contributed by atoms with Gasteiger partial charge in [-0.25, -0.2) is 0 Å². The van der Waals surface area contributed by atoms with Gasteiger partial charge >= 0.3 is 0 Å². The molecule has 1 aliphatic carbocycles. The molecule has 7 heteroatoms. The Hall–Kier alpha value is -2.93. The summed E-state index contributed by atoms with van der Waals surface area (Å²) in [6, 6.07) is 11.5. The van der Waals surface area contributed by atoms with Crippen molar-refractivity contribution >= 4 is 28.2 Å². The zero-order valence-corrected chi connectivity index (χ0v) is 17.1. The first kappa shape index (κ1) is 19.4. The van der Waals surface area contributed by atoms with E-state index < -0.39 is 0 Å². The first-order chi connectivity index (χ1) is 14.2. The van der Waals surface area contributed by atoms with Gasteiger partial charge in [-0.1, -0.05) is 35.5 Å². The maximum Gasteiger partial charge on any atom is 0.254 e. The van der Waals surface area contributed by atoms with Crippen LogP contribution in [0.3, 0.4) is 0 Å². The molecule has 0 unspecified atom stereocenters. The summed E-state index contributed by atoms with van der Waals surface area (Å²) in [5.74, 6) is 0.153. The van der Waals surface area contributed by atoms with Gasteiger partial charge in [0.1, 0.15) is 16.5 Å². The van der Waals surface area contributed by atoms with Gasteiger partial charge in [0.15, 0.2) is 0 Å². The summed E-state index contributed by atoms with van der Waals surface area (Å²) in [6.07, 6.45) is 4.11. The van der Waals surface area contributed by atoms with E-state index in [0.29, 0.717) is 28.6 Å². The summed E-state index contributed by atoms with van der Waals surface area (Å²) in [6.45, 7) is 2.44. The highest BCUT2D eigenvalue weighted by atomic mass is 32.1. The van der Waals surface area contributed by atoms with E-state index in [4.69, 9.17) is 4.52 Å². The minimum atomic E-state index is -0.218. The van der Waals surface area contributed by atoms with E-state index in [0.717, 1.165) is 36.8 Å². The third kappa shape index (κ3) is 4.24. The number of carbonyl (C=O) groups is 2. The largest absolute Gasteiger partial charge is 0.360 e. The van der Waals surface area contributed by atoms with Crippen molar-refractivity contribution in [2.45, 2.75) is 39.0 Å². The molecular formula is C22H23N3O3S. The van der Waals surface area contributed by atoms with E-state index in [2.05, 4.69) is 15.8 Å². The van der Waals surface area contributed by atoms with Crippen LogP contribution >= 0.6 is 11.3 Å². The van der Waals surface area contributed by atoms with Crippen molar-refractivity contribution < 1.29 is 14.1 Å². The molecule has 0 saturated carbocycles. The number of aromatic nitrogens is 1. The number of hydrogen-bond acceptors (Lipinski definition) is 5. The van der Waals surface area contributed by atoms with Crippen molar-refractivity contribution in [3.05, 3.63) is 58.2 Å². The second-order valence-electron chi connectivity index (χ2n) is 7.04. The van der Waals surface area contributed by atoms with E-state index >= 15 is 0 Å². The Kier molecular flexibility index (Phi) is 5.76. The third-order valence-electron chi connectivity index (χ3n) is 4.95. The molecule has 150 valence electrons. The number of anilines is 1. The average Bonchev–Trinajstić information content (AvgIpc) is 3.33. The fourth-order valence-electron chi connectivity index (χ4n) is 3.61. The monoisotopic (exact) mass is 409 g/mol. The van der Waals surface area contributed by atoms with E-state index in [1.54, 1.807) is 6.07 Å². The van der Waals surface area contributed by atoms with Crippen molar-refractivity contribution in [1.29, 1.82) is 0 Å². The van der Waals surface area contributed by atoms with Gasteiger partial charge in [-0.15, -0.1) is 11.3 Å². The second-order valence-corrected chi connectivity index (χ2v) is 8.15. The highest BCUT2D eigenvalue weighted by molar-refractivity contribution is 7.17. The van der Waals surface area contributed by atoms with Crippen molar-refractivity contribution in [2.75, 3.05) is 11.9 Å². The van der Waals surface area contributed by atoms with Crippen LogP contribution in [-0.4, -0.2) is 23.5 Å². The quantitative estimate of drug-likeness (QED) is 0.639. The standard InChI is InChI=1S/C22H23N3O3S/c1-2-23-21(27)20-16-10-6-7-11-18(16)29-22(20)24-19(26)13-15-12-17(25-28-15)14-8-4-3-5-9-14/h3-5,8-9,12H,2,6-7,10-11,13H2,1H3,(H,23,27)(H,24,26). The molecular weight excluding hydrogens is 386 g/mol. The van der Waals surface area contributed by atoms with Crippen molar-refractivity contribution in [3.63, 3.8) is 0 Å². The Morgan fingerprint density at radius 1 is 1.17 bits per heavy atom. The summed E-state index contributed by atoms with van der Waals surface area (Å²) >= 11 is 1.52. The molecule has 1 aromatic carbocycles. The number of benzene rings is 1. The van der Waals surface area contributed by atoms with E-state index in [1.807, 2.05) is 37.3 Å². The minimum Gasteiger partial charge on any atom is -0.360 e.